The van der Waals surface area contributed by atoms with Gasteiger partial charge in [-0.1, -0.05) is 19.0 Å². The van der Waals surface area contributed by atoms with E-state index in [0.29, 0.717) is 18.1 Å². The first-order valence-corrected chi connectivity index (χ1v) is 6.52. The van der Waals surface area contributed by atoms with Gasteiger partial charge in [0.1, 0.15) is 5.78 Å². The third-order valence-corrected chi connectivity index (χ3v) is 3.29. The van der Waals surface area contributed by atoms with Gasteiger partial charge in [0.05, 0.1) is 12.0 Å². The molecule has 0 radical (unpaired) electrons. The molecule has 2 atom stereocenters. The summed E-state index contributed by atoms with van der Waals surface area (Å²) in [7, 11) is 0. The third kappa shape index (κ3) is 2.96. The average Bonchev–Trinajstić information content (AvgIpc) is 2.90. The number of carbonyl (C=O) groups excluding carboxylic acids is 1. The highest BCUT2D eigenvalue weighted by Crippen LogP contribution is 2.24. The maximum Gasteiger partial charge on any atom is 0.237 e. The molecule has 0 aromatic carbocycles. The van der Waals surface area contributed by atoms with Crippen molar-refractivity contribution in [3.8, 4) is 0 Å². The van der Waals surface area contributed by atoms with E-state index in [1.807, 2.05) is 13.8 Å². The van der Waals surface area contributed by atoms with Gasteiger partial charge in [-0.3, -0.25) is 4.79 Å². The van der Waals surface area contributed by atoms with Crippen LogP contribution in [0.25, 0.3) is 0 Å². The smallest absolute Gasteiger partial charge is 0.237 e. The van der Waals surface area contributed by atoms with E-state index in [1.165, 1.54) is 0 Å². The van der Waals surface area contributed by atoms with Crippen LogP contribution < -0.4 is 0 Å². The molecular weight excluding hydrogens is 232 g/mol. The van der Waals surface area contributed by atoms with Gasteiger partial charge < -0.3 is 9.26 Å². The Morgan fingerprint density at radius 2 is 2.28 bits per heavy atom. The molecule has 0 aliphatic carbocycles. The maximum atomic E-state index is 11.6. The number of carbonyl (C=O) groups is 1. The number of aromatic nitrogens is 2. The van der Waals surface area contributed by atoms with Crippen molar-refractivity contribution in [2.75, 3.05) is 6.61 Å². The first-order valence-electron chi connectivity index (χ1n) is 6.52. The summed E-state index contributed by atoms with van der Waals surface area (Å²) in [5, 5.41) is 3.95. The van der Waals surface area contributed by atoms with E-state index in [2.05, 4.69) is 10.1 Å². The summed E-state index contributed by atoms with van der Waals surface area (Å²) in [6.07, 6.45) is 3.01. The van der Waals surface area contributed by atoms with Crippen LogP contribution in [0.5, 0.6) is 0 Å². The van der Waals surface area contributed by atoms with Gasteiger partial charge in [-0.15, -0.1) is 0 Å². The Kier molecular flexibility index (Phi) is 4.11. The number of rotatable bonds is 5. The molecule has 2 heterocycles. The van der Waals surface area contributed by atoms with Gasteiger partial charge in [-0.05, 0) is 25.7 Å². The summed E-state index contributed by atoms with van der Waals surface area (Å²) in [6.45, 7) is 6.35. The van der Waals surface area contributed by atoms with Crippen LogP contribution in [0.1, 0.15) is 51.2 Å². The summed E-state index contributed by atoms with van der Waals surface area (Å²) in [5.41, 5.74) is 0. The van der Waals surface area contributed by atoms with Crippen molar-refractivity contribution in [1.29, 1.82) is 0 Å². The van der Waals surface area contributed by atoms with E-state index >= 15 is 0 Å². The van der Waals surface area contributed by atoms with Gasteiger partial charge in [0.25, 0.3) is 0 Å². The molecule has 1 fully saturated rings. The summed E-state index contributed by atoms with van der Waals surface area (Å²) in [6, 6.07) is 0. The molecular formula is C13H20N2O3. The molecule has 0 saturated carbocycles. The molecule has 1 aromatic heterocycles. The number of hydrogen-bond donors (Lipinski definition) is 0. The first-order chi connectivity index (χ1) is 8.58. The molecule has 5 heteroatoms. The average molecular weight is 252 g/mol. The zero-order valence-electron chi connectivity index (χ0n) is 11.2. The van der Waals surface area contributed by atoms with Crippen LogP contribution in [0.4, 0.5) is 0 Å². The molecule has 2 unspecified atom stereocenters. The molecule has 1 saturated heterocycles. The lowest BCUT2D eigenvalue weighted by Gasteiger charge is -2.12. The normalized spacial score (nSPS) is 21.4. The minimum Gasteiger partial charge on any atom is -0.378 e. The van der Waals surface area contributed by atoms with Crippen molar-refractivity contribution < 1.29 is 14.1 Å². The highest BCUT2D eigenvalue weighted by molar-refractivity contribution is 5.82. The van der Waals surface area contributed by atoms with Crippen molar-refractivity contribution in [3.63, 3.8) is 0 Å². The molecule has 1 aliphatic heterocycles. The highest BCUT2D eigenvalue weighted by Gasteiger charge is 2.27. The molecule has 1 aliphatic rings. The molecule has 0 amide bonds. The van der Waals surface area contributed by atoms with E-state index in [-0.39, 0.29) is 23.7 Å². The third-order valence-electron chi connectivity index (χ3n) is 3.29. The standard InChI is InChI=1S/C13H20N2O3/c1-8(2)12(9(3)16)13-14-11(15-18-13)7-10-5-4-6-17-10/h8,10,12H,4-7H2,1-3H3. The summed E-state index contributed by atoms with van der Waals surface area (Å²) >= 11 is 0. The van der Waals surface area contributed by atoms with Gasteiger partial charge in [0.2, 0.25) is 5.89 Å². The van der Waals surface area contributed by atoms with Crippen LogP contribution >= 0.6 is 0 Å². The number of nitrogens with zero attached hydrogens (tertiary/aromatic N) is 2. The monoisotopic (exact) mass is 252 g/mol. The van der Waals surface area contributed by atoms with Crippen molar-refractivity contribution in [3.05, 3.63) is 11.7 Å². The van der Waals surface area contributed by atoms with Crippen LogP contribution in [-0.4, -0.2) is 28.6 Å². The molecule has 18 heavy (non-hydrogen) atoms. The van der Waals surface area contributed by atoms with Crippen molar-refractivity contribution in [1.82, 2.24) is 10.1 Å². The van der Waals surface area contributed by atoms with Crippen molar-refractivity contribution in [2.24, 2.45) is 5.92 Å². The Balaban J connectivity index is 2.06. The van der Waals surface area contributed by atoms with Gasteiger partial charge in [0, 0.05) is 13.0 Å². The lowest BCUT2D eigenvalue weighted by molar-refractivity contribution is -0.119. The van der Waals surface area contributed by atoms with Gasteiger partial charge >= 0.3 is 0 Å². The summed E-state index contributed by atoms with van der Waals surface area (Å²) < 4.78 is 10.8. The van der Waals surface area contributed by atoms with E-state index < -0.39 is 0 Å². The minimum absolute atomic E-state index is 0.0670. The van der Waals surface area contributed by atoms with E-state index in [4.69, 9.17) is 9.26 Å². The molecule has 0 bridgehead atoms. The zero-order chi connectivity index (χ0) is 13.1. The minimum atomic E-state index is -0.296. The SMILES string of the molecule is CC(=O)C(c1nc(CC2CCCO2)no1)C(C)C. The highest BCUT2D eigenvalue weighted by atomic mass is 16.5. The number of ether oxygens (including phenoxy) is 1. The predicted molar refractivity (Wildman–Crippen MR) is 65.2 cm³/mol. The van der Waals surface area contributed by atoms with Gasteiger partial charge in [0.15, 0.2) is 5.82 Å². The van der Waals surface area contributed by atoms with Crippen LogP contribution in [0.2, 0.25) is 0 Å². The van der Waals surface area contributed by atoms with Crippen molar-refractivity contribution in [2.45, 2.75) is 52.1 Å². The van der Waals surface area contributed by atoms with E-state index in [9.17, 15) is 4.79 Å². The second-order valence-corrected chi connectivity index (χ2v) is 5.22. The fourth-order valence-electron chi connectivity index (χ4n) is 2.41. The lowest BCUT2D eigenvalue weighted by atomic mass is 9.92. The van der Waals surface area contributed by atoms with Crippen LogP contribution in [0, 0.1) is 5.92 Å². The molecule has 0 N–H and O–H groups in total. The Hall–Kier alpha value is -1.23. The van der Waals surface area contributed by atoms with Crippen LogP contribution in [0.15, 0.2) is 4.52 Å². The molecule has 1 aromatic rings. The predicted octanol–water partition coefficient (Wildman–Crippen LogP) is 2.12. The Bertz CT molecular complexity index is 408. The summed E-state index contributed by atoms with van der Waals surface area (Å²) in [5.74, 6) is 1.01. The molecule has 5 nitrogen and oxygen atoms in total. The fraction of sp³-hybridized carbons (Fsp3) is 0.769. The first kappa shape index (κ1) is 13.2. The van der Waals surface area contributed by atoms with Crippen LogP contribution in [-0.2, 0) is 16.0 Å². The molecule has 2 rings (SSSR count). The van der Waals surface area contributed by atoms with E-state index in [0.717, 1.165) is 19.4 Å². The van der Waals surface area contributed by atoms with Crippen molar-refractivity contribution >= 4 is 5.78 Å². The second-order valence-electron chi connectivity index (χ2n) is 5.22. The number of ketones is 1. The lowest BCUT2D eigenvalue weighted by Crippen LogP contribution is -2.16. The fourth-order valence-corrected chi connectivity index (χ4v) is 2.41. The van der Waals surface area contributed by atoms with Crippen LogP contribution in [0.3, 0.4) is 0 Å². The van der Waals surface area contributed by atoms with Gasteiger partial charge in [-0.2, -0.15) is 4.98 Å². The van der Waals surface area contributed by atoms with Gasteiger partial charge in [-0.25, -0.2) is 0 Å². The largest absolute Gasteiger partial charge is 0.378 e. The maximum absolute atomic E-state index is 11.6. The Morgan fingerprint density at radius 1 is 1.50 bits per heavy atom. The molecule has 0 spiro atoms. The van der Waals surface area contributed by atoms with E-state index in [1.54, 1.807) is 6.92 Å². The number of hydrogen-bond acceptors (Lipinski definition) is 5. The Labute approximate surface area is 107 Å². The second kappa shape index (κ2) is 5.61. The topological polar surface area (TPSA) is 65.2 Å². The number of Topliss-reactive ketones (excluding diaryl/α,β-unsaturated/α-hetero) is 1. The Morgan fingerprint density at radius 3 is 2.83 bits per heavy atom. The molecule has 100 valence electrons. The quantitative estimate of drug-likeness (QED) is 0.803. The summed E-state index contributed by atoms with van der Waals surface area (Å²) in [4.78, 5) is 15.9. The zero-order valence-corrected chi connectivity index (χ0v) is 11.2.